The molecule has 104 valence electrons. The standard InChI is InChI=1S/C11H8N2O6S/c14-9(15)3-4-20(18,19)6-1-2-7-8(5-6)13-11(17)10(16)12-7/h1-2,5H,3-4H2,(H,14,15). The first-order valence-electron chi connectivity index (χ1n) is 5.40. The van der Waals surface area contributed by atoms with Crippen LogP contribution in [-0.2, 0) is 24.2 Å². The highest BCUT2D eigenvalue weighted by molar-refractivity contribution is 7.91. The summed E-state index contributed by atoms with van der Waals surface area (Å²) in [6, 6.07) is 3.54. The molecule has 20 heavy (non-hydrogen) atoms. The summed E-state index contributed by atoms with van der Waals surface area (Å²) in [5.74, 6) is -3.88. The van der Waals surface area contributed by atoms with Crippen LogP contribution in [0.2, 0.25) is 0 Å². The van der Waals surface area contributed by atoms with E-state index in [1.54, 1.807) is 0 Å². The minimum absolute atomic E-state index is 0.0222. The molecule has 0 spiro atoms. The average molecular weight is 296 g/mol. The van der Waals surface area contributed by atoms with Crippen molar-refractivity contribution in [2.75, 3.05) is 5.75 Å². The molecule has 0 radical (unpaired) electrons. The Morgan fingerprint density at radius 2 is 1.70 bits per heavy atom. The van der Waals surface area contributed by atoms with Gasteiger partial charge < -0.3 is 5.11 Å². The molecule has 9 heteroatoms. The molecule has 8 nitrogen and oxygen atoms in total. The van der Waals surface area contributed by atoms with Gasteiger partial charge in [-0.3, -0.25) is 14.4 Å². The number of hydrogen-bond donors (Lipinski definition) is 1. The van der Waals surface area contributed by atoms with Crippen LogP contribution in [0.3, 0.4) is 0 Å². The Morgan fingerprint density at radius 3 is 2.30 bits per heavy atom. The minimum Gasteiger partial charge on any atom is -0.481 e. The van der Waals surface area contributed by atoms with Gasteiger partial charge in [0.2, 0.25) is 0 Å². The van der Waals surface area contributed by atoms with Gasteiger partial charge in [0.25, 0.3) is 0 Å². The quantitative estimate of drug-likeness (QED) is 0.655. The van der Waals surface area contributed by atoms with Crippen LogP contribution in [0.25, 0.3) is 0 Å². The van der Waals surface area contributed by atoms with Crippen molar-refractivity contribution < 1.29 is 27.9 Å². The molecule has 2 amide bonds. The lowest BCUT2D eigenvalue weighted by Gasteiger charge is -2.03. The van der Waals surface area contributed by atoms with Gasteiger partial charge in [-0.2, -0.15) is 0 Å². The number of rotatable bonds is 4. The second-order valence-corrected chi connectivity index (χ2v) is 6.06. The van der Waals surface area contributed by atoms with Gasteiger partial charge in [-0.1, -0.05) is 0 Å². The zero-order chi connectivity index (χ0) is 14.9. The number of nitrogens with zero attached hydrogens (tertiary/aromatic N) is 2. The SMILES string of the molecule is O=C(O)CCS(=O)(=O)c1ccc2c(c1)=NC(=O)C(=O)N=2. The molecule has 0 bridgehead atoms. The van der Waals surface area contributed by atoms with Crippen molar-refractivity contribution in [1.29, 1.82) is 0 Å². The molecule has 1 N–H and O–H groups in total. The summed E-state index contributed by atoms with van der Waals surface area (Å²) in [5.41, 5.74) is 0. The summed E-state index contributed by atoms with van der Waals surface area (Å²) in [5, 5.41) is 8.58. The van der Waals surface area contributed by atoms with Crippen molar-refractivity contribution in [2.24, 2.45) is 9.98 Å². The minimum atomic E-state index is -3.80. The number of carbonyl (C=O) groups is 3. The molecule has 1 aromatic rings. The summed E-state index contributed by atoms with van der Waals surface area (Å²) < 4.78 is 23.8. The van der Waals surface area contributed by atoms with Crippen LogP contribution in [-0.4, -0.2) is 37.1 Å². The highest BCUT2D eigenvalue weighted by atomic mass is 32.2. The third kappa shape index (κ3) is 2.77. The number of fused-ring (bicyclic) bond motifs is 1. The Kier molecular flexibility index (Phi) is 3.45. The average Bonchev–Trinajstić information content (AvgIpc) is 2.37. The van der Waals surface area contributed by atoms with Gasteiger partial charge in [0, 0.05) is 0 Å². The fraction of sp³-hybridized carbons (Fsp3) is 0.182. The lowest BCUT2D eigenvalue weighted by atomic mass is 10.3. The van der Waals surface area contributed by atoms with Crippen LogP contribution < -0.4 is 10.7 Å². The molecule has 0 fully saturated rings. The van der Waals surface area contributed by atoms with Crippen molar-refractivity contribution in [3.05, 3.63) is 28.9 Å². The maximum atomic E-state index is 11.9. The van der Waals surface area contributed by atoms with Crippen molar-refractivity contribution >= 4 is 27.6 Å². The molecule has 0 atom stereocenters. The Morgan fingerprint density at radius 1 is 1.10 bits per heavy atom. The van der Waals surface area contributed by atoms with E-state index in [9.17, 15) is 22.8 Å². The van der Waals surface area contributed by atoms with Gasteiger partial charge in [0.15, 0.2) is 9.84 Å². The molecule has 1 heterocycles. The first kappa shape index (κ1) is 14.0. The summed E-state index contributed by atoms with van der Waals surface area (Å²) in [7, 11) is -3.80. The van der Waals surface area contributed by atoms with Gasteiger partial charge in [-0.15, -0.1) is 0 Å². The molecule has 1 aromatic carbocycles. The Hall–Kier alpha value is -2.42. The van der Waals surface area contributed by atoms with Gasteiger partial charge >= 0.3 is 17.8 Å². The smallest absolute Gasteiger partial charge is 0.338 e. The zero-order valence-electron chi connectivity index (χ0n) is 9.94. The topological polar surface area (TPSA) is 130 Å². The lowest BCUT2D eigenvalue weighted by Crippen LogP contribution is -2.35. The van der Waals surface area contributed by atoms with Crippen LogP contribution >= 0.6 is 0 Å². The summed E-state index contributed by atoms with van der Waals surface area (Å²) in [6.45, 7) is 0. The number of aliphatic carboxylic acids is 1. The van der Waals surface area contributed by atoms with Crippen LogP contribution in [0.5, 0.6) is 0 Å². The Labute approximate surface area is 112 Å². The highest BCUT2D eigenvalue weighted by Crippen LogP contribution is 2.08. The third-order valence-corrected chi connectivity index (χ3v) is 4.23. The number of carbonyl (C=O) groups excluding carboxylic acids is 2. The first-order chi connectivity index (χ1) is 9.29. The predicted molar refractivity (Wildman–Crippen MR) is 63.1 cm³/mol. The largest absolute Gasteiger partial charge is 0.481 e. The molecule has 0 saturated heterocycles. The van der Waals surface area contributed by atoms with E-state index in [-0.39, 0.29) is 15.6 Å². The number of sulfone groups is 1. The summed E-state index contributed by atoms with van der Waals surface area (Å²) in [6.07, 6.45) is -0.529. The third-order valence-electron chi connectivity index (χ3n) is 2.52. The normalized spacial score (nSPS) is 14.2. The molecule has 1 aliphatic heterocycles. The van der Waals surface area contributed by atoms with E-state index in [1.807, 2.05) is 0 Å². The van der Waals surface area contributed by atoms with E-state index >= 15 is 0 Å². The number of benzene rings is 1. The molecule has 0 unspecified atom stereocenters. The van der Waals surface area contributed by atoms with E-state index < -0.39 is 39.8 Å². The van der Waals surface area contributed by atoms with Gasteiger partial charge in [-0.25, -0.2) is 18.4 Å². The van der Waals surface area contributed by atoms with Gasteiger partial charge in [0.05, 0.1) is 27.8 Å². The molecule has 2 rings (SSSR count). The van der Waals surface area contributed by atoms with Crippen molar-refractivity contribution in [3.8, 4) is 0 Å². The predicted octanol–water partition coefficient (Wildman–Crippen LogP) is -1.76. The fourth-order valence-corrected chi connectivity index (χ4v) is 2.78. The van der Waals surface area contributed by atoms with E-state index in [1.165, 1.54) is 12.1 Å². The monoisotopic (exact) mass is 296 g/mol. The van der Waals surface area contributed by atoms with E-state index in [2.05, 4.69) is 9.98 Å². The number of amides is 2. The first-order valence-corrected chi connectivity index (χ1v) is 7.05. The summed E-state index contributed by atoms with van der Waals surface area (Å²) >= 11 is 0. The van der Waals surface area contributed by atoms with E-state index in [0.29, 0.717) is 0 Å². The Bertz CT molecular complexity index is 840. The Balaban J connectivity index is 2.48. The van der Waals surface area contributed by atoms with Crippen molar-refractivity contribution in [2.45, 2.75) is 11.3 Å². The lowest BCUT2D eigenvalue weighted by molar-refractivity contribution is -0.136. The second-order valence-electron chi connectivity index (χ2n) is 3.95. The molecule has 0 aromatic heterocycles. The van der Waals surface area contributed by atoms with E-state index in [0.717, 1.165) is 6.07 Å². The summed E-state index contributed by atoms with van der Waals surface area (Å²) in [4.78, 5) is 39.2. The highest BCUT2D eigenvalue weighted by Gasteiger charge is 2.19. The zero-order valence-corrected chi connectivity index (χ0v) is 10.8. The van der Waals surface area contributed by atoms with Crippen LogP contribution in [0, 0.1) is 0 Å². The van der Waals surface area contributed by atoms with Gasteiger partial charge in [0.1, 0.15) is 0 Å². The van der Waals surface area contributed by atoms with E-state index in [4.69, 9.17) is 5.11 Å². The molecule has 0 saturated carbocycles. The molecule has 0 aliphatic carbocycles. The number of carboxylic acid groups (broad SMARTS) is 1. The van der Waals surface area contributed by atoms with Crippen molar-refractivity contribution in [1.82, 2.24) is 0 Å². The van der Waals surface area contributed by atoms with Crippen molar-refractivity contribution in [3.63, 3.8) is 0 Å². The number of hydrogen-bond acceptors (Lipinski definition) is 5. The molecular weight excluding hydrogens is 288 g/mol. The number of carboxylic acids is 1. The van der Waals surface area contributed by atoms with Crippen LogP contribution in [0.1, 0.15) is 6.42 Å². The maximum Gasteiger partial charge on any atom is 0.338 e. The molecular formula is C11H8N2O6S. The van der Waals surface area contributed by atoms with Crippen LogP contribution in [0.15, 0.2) is 33.1 Å². The molecule has 1 aliphatic rings. The van der Waals surface area contributed by atoms with Gasteiger partial charge in [-0.05, 0) is 18.2 Å². The second kappa shape index (κ2) is 4.93. The maximum absolute atomic E-state index is 11.9. The fourth-order valence-electron chi connectivity index (χ4n) is 1.53. The van der Waals surface area contributed by atoms with Crippen LogP contribution in [0.4, 0.5) is 0 Å².